The highest BCUT2D eigenvalue weighted by molar-refractivity contribution is 7.17. The lowest BCUT2D eigenvalue weighted by atomic mass is 10.1. The van der Waals surface area contributed by atoms with Crippen molar-refractivity contribution in [1.29, 1.82) is 0 Å². The molecule has 0 spiro atoms. The summed E-state index contributed by atoms with van der Waals surface area (Å²) in [6, 6.07) is 16.5. The summed E-state index contributed by atoms with van der Waals surface area (Å²) < 4.78 is 0. The lowest BCUT2D eigenvalue weighted by Crippen LogP contribution is -1.99. The number of benzene rings is 2. The number of aryl methyl sites for hydroxylation is 1. The number of hydrogen-bond acceptors (Lipinski definition) is 4. The molecule has 0 aliphatic rings. The van der Waals surface area contributed by atoms with Crippen LogP contribution in [0.4, 0.5) is 11.5 Å². The standard InChI is InChI=1S/C20H16ClN3S/c1-12-7-6-10-16(13(12)2)22-18-17-15(14-8-4-3-5-9-14)11-25-19(17)24-20(21)23-18/h3-11H,1-2H3,(H,22,23,24). The molecule has 0 atom stereocenters. The Balaban J connectivity index is 1.91. The van der Waals surface area contributed by atoms with Crippen molar-refractivity contribution in [2.24, 2.45) is 0 Å². The normalized spacial score (nSPS) is 11.0. The van der Waals surface area contributed by atoms with Gasteiger partial charge in [-0.2, -0.15) is 4.98 Å². The van der Waals surface area contributed by atoms with Gasteiger partial charge < -0.3 is 5.32 Å². The maximum absolute atomic E-state index is 6.16. The predicted octanol–water partition coefficient (Wildman–Crippen LogP) is 6.37. The van der Waals surface area contributed by atoms with Crippen molar-refractivity contribution < 1.29 is 0 Å². The zero-order chi connectivity index (χ0) is 17.4. The number of anilines is 2. The molecule has 124 valence electrons. The monoisotopic (exact) mass is 365 g/mol. The van der Waals surface area contributed by atoms with Crippen molar-refractivity contribution in [3.05, 3.63) is 70.3 Å². The zero-order valence-corrected chi connectivity index (χ0v) is 15.4. The molecule has 1 N–H and O–H groups in total. The number of nitrogens with one attached hydrogen (secondary N) is 1. The maximum atomic E-state index is 6.16. The van der Waals surface area contributed by atoms with Crippen LogP contribution in [0.5, 0.6) is 0 Å². The minimum atomic E-state index is 0.252. The van der Waals surface area contributed by atoms with Gasteiger partial charge in [0.15, 0.2) is 0 Å². The average molecular weight is 366 g/mol. The summed E-state index contributed by atoms with van der Waals surface area (Å²) >= 11 is 7.74. The number of rotatable bonds is 3. The third-order valence-electron chi connectivity index (χ3n) is 4.35. The second-order valence-corrected chi connectivity index (χ2v) is 7.11. The van der Waals surface area contributed by atoms with Gasteiger partial charge in [-0.15, -0.1) is 11.3 Å². The highest BCUT2D eigenvalue weighted by atomic mass is 35.5. The van der Waals surface area contributed by atoms with Crippen LogP contribution in [-0.2, 0) is 0 Å². The van der Waals surface area contributed by atoms with Gasteiger partial charge in [-0.1, -0.05) is 42.5 Å². The van der Waals surface area contributed by atoms with Gasteiger partial charge in [0, 0.05) is 16.6 Å². The van der Waals surface area contributed by atoms with E-state index in [1.807, 2.05) is 24.3 Å². The van der Waals surface area contributed by atoms with E-state index in [0.717, 1.165) is 32.8 Å². The van der Waals surface area contributed by atoms with Crippen LogP contribution < -0.4 is 5.32 Å². The van der Waals surface area contributed by atoms with Crippen molar-refractivity contribution in [3.8, 4) is 11.1 Å². The van der Waals surface area contributed by atoms with Crippen molar-refractivity contribution in [1.82, 2.24) is 9.97 Å². The number of halogens is 1. The van der Waals surface area contributed by atoms with Crippen LogP contribution >= 0.6 is 22.9 Å². The molecule has 0 aliphatic heterocycles. The van der Waals surface area contributed by atoms with Crippen LogP contribution in [0.2, 0.25) is 5.28 Å². The Bertz CT molecular complexity index is 1060. The molecule has 0 saturated heterocycles. The molecule has 2 heterocycles. The van der Waals surface area contributed by atoms with Gasteiger partial charge in [0.25, 0.3) is 0 Å². The van der Waals surface area contributed by atoms with Gasteiger partial charge in [-0.25, -0.2) is 4.98 Å². The lowest BCUT2D eigenvalue weighted by Gasteiger charge is -2.12. The topological polar surface area (TPSA) is 37.8 Å². The third-order valence-corrected chi connectivity index (χ3v) is 5.39. The van der Waals surface area contributed by atoms with E-state index in [2.05, 4.69) is 58.8 Å². The highest BCUT2D eigenvalue weighted by Gasteiger charge is 2.15. The molecule has 2 aromatic carbocycles. The molecule has 0 radical (unpaired) electrons. The predicted molar refractivity (Wildman–Crippen MR) is 107 cm³/mol. The second-order valence-electron chi connectivity index (χ2n) is 5.91. The minimum absolute atomic E-state index is 0.252. The molecule has 0 fully saturated rings. The first-order valence-electron chi connectivity index (χ1n) is 7.97. The van der Waals surface area contributed by atoms with Crippen molar-refractivity contribution in [3.63, 3.8) is 0 Å². The van der Waals surface area contributed by atoms with E-state index in [-0.39, 0.29) is 5.28 Å². The van der Waals surface area contributed by atoms with Crippen molar-refractivity contribution >= 4 is 44.7 Å². The van der Waals surface area contributed by atoms with Gasteiger partial charge in [-0.3, -0.25) is 0 Å². The fourth-order valence-corrected chi connectivity index (χ4v) is 4.02. The molecule has 0 aliphatic carbocycles. The summed E-state index contributed by atoms with van der Waals surface area (Å²) in [6.07, 6.45) is 0. The number of fused-ring (bicyclic) bond motifs is 1. The van der Waals surface area contributed by atoms with Gasteiger partial charge in [0.2, 0.25) is 5.28 Å². The summed E-state index contributed by atoms with van der Waals surface area (Å²) in [5, 5.41) is 6.83. The van der Waals surface area contributed by atoms with Crippen LogP contribution in [0.3, 0.4) is 0 Å². The number of hydrogen-bond donors (Lipinski definition) is 1. The molecular weight excluding hydrogens is 350 g/mol. The molecule has 4 rings (SSSR count). The van der Waals surface area contributed by atoms with Gasteiger partial charge in [0.1, 0.15) is 10.6 Å². The van der Waals surface area contributed by atoms with Crippen LogP contribution in [0.1, 0.15) is 11.1 Å². The molecule has 4 aromatic rings. The SMILES string of the molecule is Cc1cccc(Nc2nc(Cl)nc3scc(-c4ccccc4)c23)c1C. The van der Waals surface area contributed by atoms with Crippen LogP contribution in [0.25, 0.3) is 21.3 Å². The first kappa shape index (κ1) is 16.1. The summed E-state index contributed by atoms with van der Waals surface area (Å²) in [4.78, 5) is 9.75. The molecule has 3 nitrogen and oxygen atoms in total. The summed E-state index contributed by atoms with van der Waals surface area (Å²) in [6.45, 7) is 4.20. The third kappa shape index (κ3) is 2.99. The van der Waals surface area contributed by atoms with E-state index in [1.54, 1.807) is 11.3 Å². The minimum Gasteiger partial charge on any atom is -0.339 e. The molecule has 5 heteroatoms. The number of nitrogens with zero attached hydrogens (tertiary/aromatic N) is 2. The smallest absolute Gasteiger partial charge is 0.225 e. The summed E-state index contributed by atoms with van der Waals surface area (Å²) in [7, 11) is 0. The first-order chi connectivity index (χ1) is 12.1. The Hall–Kier alpha value is -2.43. The van der Waals surface area contributed by atoms with E-state index in [0.29, 0.717) is 0 Å². The molecule has 25 heavy (non-hydrogen) atoms. The van der Waals surface area contributed by atoms with E-state index in [1.165, 1.54) is 11.1 Å². The Kier molecular flexibility index (Phi) is 4.15. The molecule has 2 aromatic heterocycles. The lowest BCUT2D eigenvalue weighted by molar-refractivity contribution is 1.22. The molecular formula is C20H16ClN3S. The Labute approximate surface area is 155 Å². The van der Waals surface area contributed by atoms with Crippen LogP contribution in [0.15, 0.2) is 53.9 Å². The second kappa shape index (κ2) is 6.47. The molecule has 0 amide bonds. The van der Waals surface area contributed by atoms with Gasteiger partial charge in [0.05, 0.1) is 5.39 Å². The van der Waals surface area contributed by atoms with Crippen molar-refractivity contribution in [2.75, 3.05) is 5.32 Å². The number of thiophene rings is 1. The maximum Gasteiger partial charge on any atom is 0.225 e. The number of aromatic nitrogens is 2. The van der Waals surface area contributed by atoms with Gasteiger partial charge >= 0.3 is 0 Å². The Morgan fingerprint density at radius 1 is 0.960 bits per heavy atom. The fraction of sp³-hybridized carbons (Fsp3) is 0.100. The summed E-state index contributed by atoms with van der Waals surface area (Å²) in [5.74, 6) is 0.740. The zero-order valence-electron chi connectivity index (χ0n) is 13.9. The summed E-state index contributed by atoms with van der Waals surface area (Å²) in [5.41, 5.74) is 5.71. The average Bonchev–Trinajstić information content (AvgIpc) is 3.03. The van der Waals surface area contributed by atoms with E-state index in [4.69, 9.17) is 11.6 Å². The Morgan fingerprint density at radius 2 is 1.76 bits per heavy atom. The molecule has 0 bridgehead atoms. The Morgan fingerprint density at radius 3 is 2.56 bits per heavy atom. The quantitative estimate of drug-likeness (QED) is 0.428. The van der Waals surface area contributed by atoms with E-state index >= 15 is 0 Å². The van der Waals surface area contributed by atoms with Crippen LogP contribution in [-0.4, -0.2) is 9.97 Å². The largest absolute Gasteiger partial charge is 0.339 e. The van der Waals surface area contributed by atoms with Gasteiger partial charge in [-0.05, 0) is 48.2 Å². The molecule has 0 unspecified atom stereocenters. The van der Waals surface area contributed by atoms with Crippen molar-refractivity contribution in [2.45, 2.75) is 13.8 Å². The van der Waals surface area contributed by atoms with Crippen LogP contribution in [0, 0.1) is 13.8 Å². The highest BCUT2D eigenvalue weighted by Crippen LogP contribution is 2.38. The first-order valence-corrected chi connectivity index (χ1v) is 9.22. The van der Waals surface area contributed by atoms with E-state index in [9.17, 15) is 0 Å². The fourth-order valence-electron chi connectivity index (χ4n) is 2.85. The van der Waals surface area contributed by atoms with E-state index < -0.39 is 0 Å². The molecule has 0 saturated carbocycles.